The highest BCUT2D eigenvalue weighted by Gasteiger charge is 2.34. The van der Waals surface area contributed by atoms with Crippen LogP contribution in [0.25, 0.3) is 0 Å². The summed E-state index contributed by atoms with van der Waals surface area (Å²) in [6, 6.07) is 9.64. The molecular weight excluding hydrogens is 526 g/mol. The molecule has 4 aliphatic rings. The van der Waals surface area contributed by atoms with Gasteiger partial charge in [-0.2, -0.15) is 15.2 Å². The molecule has 0 N–H and O–H groups in total. The summed E-state index contributed by atoms with van der Waals surface area (Å²) < 4.78 is 6.31. The van der Waals surface area contributed by atoms with Crippen molar-refractivity contribution in [1.29, 1.82) is 5.26 Å². The number of fused-ring (bicyclic) bond motifs is 2. The Bertz CT molecular complexity index is 1370. The maximum atomic E-state index is 12.5. The molecule has 42 heavy (non-hydrogen) atoms. The molecule has 9 heteroatoms. The fraction of sp³-hybridized carbons (Fsp3) is 0.576. The van der Waals surface area contributed by atoms with Crippen molar-refractivity contribution in [2.75, 3.05) is 56.2 Å². The molecule has 2 fully saturated rings. The van der Waals surface area contributed by atoms with Gasteiger partial charge in [-0.05, 0) is 81.3 Å². The van der Waals surface area contributed by atoms with Crippen LogP contribution in [0.2, 0.25) is 0 Å². The lowest BCUT2D eigenvalue weighted by atomic mass is 9.83. The van der Waals surface area contributed by atoms with Crippen LogP contribution in [-0.2, 0) is 30.6 Å². The van der Waals surface area contributed by atoms with E-state index in [1.807, 2.05) is 0 Å². The van der Waals surface area contributed by atoms with Gasteiger partial charge >= 0.3 is 6.01 Å². The summed E-state index contributed by atoms with van der Waals surface area (Å²) in [5.41, 5.74) is 6.50. The van der Waals surface area contributed by atoms with Crippen LogP contribution in [0.1, 0.15) is 55.0 Å². The minimum Gasteiger partial charge on any atom is -0.462 e. The number of hydrogen-bond acceptors (Lipinski definition) is 8. The van der Waals surface area contributed by atoms with E-state index >= 15 is 0 Å². The van der Waals surface area contributed by atoms with Crippen molar-refractivity contribution < 1.29 is 9.53 Å². The summed E-state index contributed by atoms with van der Waals surface area (Å²) in [6.45, 7) is 11.0. The van der Waals surface area contributed by atoms with E-state index in [9.17, 15) is 10.1 Å². The maximum absolute atomic E-state index is 12.5. The number of carbonyl (C=O) groups excluding carboxylic acids is 1. The van der Waals surface area contributed by atoms with Crippen LogP contribution in [0, 0.1) is 17.2 Å². The van der Waals surface area contributed by atoms with Gasteiger partial charge in [-0.1, -0.05) is 25.6 Å². The lowest BCUT2D eigenvalue weighted by Crippen LogP contribution is -2.55. The molecule has 9 nitrogen and oxygen atoms in total. The van der Waals surface area contributed by atoms with E-state index in [0.717, 1.165) is 61.8 Å². The molecule has 3 aliphatic heterocycles. The molecule has 1 unspecified atom stereocenters. The van der Waals surface area contributed by atoms with Crippen molar-refractivity contribution >= 4 is 17.4 Å². The minimum atomic E-state index is -0.213. The van der Waals surface area contributed by atoms with E-state index < -0.39 is 0 Å². The molecule has 0 bridgehead atoms. The Hall–Kier alpha value is -3.64. The first kappa shape index (κ1) is 28.5. The Morgan fingerprint density at radius 2 is 2.00 bits per heavy atom. The normalized spacial score (nSPS) is 24.1. The highest BCUT2D eigenvalue weighted by atomic mass is 16.5. The van der Waals surface area contributed by atoms with Crippen LogP contribution in [0.4, 0.5) is 11.5 Å². The predicted molar refractivity (Wildman–Crippen MR) is 164 cm³/mol. The third-order valence-electron chi connectivity index (χ3n) is 9.71. The molecule has 1 aromatic heterocycles. The van der Waals surface area contributed by atoms with Crippen molar-refractivity contribution in [2.45, 2.75) is 70.5 Å². The van der Waals surface area contributed by atoms with E-state index in [1.165, 1.54) is 35.7 Å². The van der Waals surface area contributed by atoms with Gasteiger partial charge < -0.3 is 24.3 Å². The molecule has 222 valence electrons. The number of ether oxygens (including phenoxy) is 1. The number of anilines is 2. The summed E-state index contributed by atoms with van der Waals surface area (Å²) in [5.74, 6) is 1.50. The Kier molecular flexibility index (Phi) is 8.34. The minimum absolute atomic E-state index is 0.124. The monoisotopic (exact) mass is 569 g/mol. The Balaban J connectivity index is 1.31. The van der Waals surface area contributed by atoms with Crippen molar-refractivity contribution in [3.8, 4) is 12.1 Å². The molecule has 0 saturated carbocycles. The molecule has 2 aromatic rings. The quantitative estimate of drug-likeness (QED) is 0.466. The molecule has 1 amide bonds. The lowest BCUT2D eigenvalue weighted by Gasteiger charge is -2.42. The van der Waals surface area contributed by atoms with Gasteiger partial charge in [0.25, 0.3) is 0 Å². The van der Waals surface area contributed by atoms with Gasteiger partial charge in [0, 0.05) is 43.5 Å². The van der Waals surface area contributed by atoms with Gasteiger partial charge in [0.05, 0.1) is 30.8 Å². The summed E-state index contributed by atoms with van der Waals surface area (Å²) in [6.07, 6.45) is 8.27. The molecule has 4 heterocycles. The number of likely N-dealkylation sites (N-methyl/N-ethyl adjacent to an activating group) is 1. The SMILES string of the molecule is C=CC(=O)N1CCN(c2nc(OC[C@@H]3CCCN3C)nc3c2CCN(c2cccc4c2CCC(C)C4)C3)C[C@@H]1CC#N. The Morgan fingerprint density at radius 1 is 1.12 bits per heavy atom. The summed E-state index contributed by atoms with van der Waals surface area (Å²) in [7, 11) is 2.15. The second-order valence-electron chi connectivity index (χ2n) is 12.5. The van der Waals surface area contributed by atoms with E-state index in [4.69, 9.17) is 14.7 Å². The van der Waals surface area contributed by atoms with Crippen LogP contribution in [-0.4, -0.2) is 84.1 Å². The van der Waals surface area contributed by atoms with Crippen molar-refractivity contribution in [3.63, 3.8) is 0 Å². The first-order valence-electron chi connectivity index (χ1n) is 15.6. The molecule has 2 saturated heterocycles. The smallest absolute Gasteiger partial charge is 0.318 e. The number of likely N-dealkylation sites (tertiary alicyclic amines) is 1. The standard InChI is InChI=1S/C33H43N7O2/c1-4-31(41)40-18-17-39(20-25(40)12-14-34)32-28-13-16-38(30-9-5-7-24-19-23(2)10-11-27(24)30)21-29(28)35-33(36-32)42-22-26-8-6-15-37(26)3/h4-5,7,9,23,25-26H,1,6,8,10-13,15-22H2,2-3H3/t23?,25-,26-/m0/s1. The lowest BCUT2D eigenvalue weighted by molar-refractivity contribution is -0.128. The number of rotatable bonds is 7. The van der Waals surface area contributed by atoms with Gasteiger partial charge in [0.2, 0.25) is 5.91 Å². The third-order valence-corrected chi connectivity index (χ3v) is 9.71. The maximum Gasteiger partial charge on any atom is 0.318 e. The fourth-order valence-corrected chi connectivity index (χ4v) is 7.28. The van der Waals surface area contributed by atoms with E-state index in [1.54, 1.807) is 4.90 Å². The number of hydrogen-bond donors (Lipinski definition) is 0. The number of aromatic nitrogens is 2. The number of nitrogens with zero attached hydrogens (tertiary/aromatic N) is 7. The summed E-state index contributed by atoms with van der Waals surface area (Å²) in [4.78, 5) is 31.4. The average molecular weight is 570 g/mol. The van der Waals surface area contributed by atoms with Crippen LogP contribution in [0.5, 0.6) is 6.01 Å². The molecule has 1 aliphatic carbocycles. The average Bonchev–Trinajstić information content (AvgIpc) is 3.42. The van der Waals surface area contributed by atoms with Gasteiger partial charge in [-0.25, -0.2) is 0 Å². The molecule has 0 spiro atoms. The number of benzene rings is 1. The van der Waals surface area contributed by atoms with Gasteiger partial charge in [-0.3, -0.25) is 4.79 Å². The Morgan fingerprint density at radius 3 is 2.79 bits per heavy atom. The first-order valence-corrected chi connectivity index (χ1v) is 15.6. The molecule has 6 rings (SSSR count). The zero-order valence-corrected chi connectivity index (χ0v) is 25.1. The van der Waals surface area contributed by atoms with Crippen molar-refractivity contribution in [1.82, 2.24) is 19.8 Å². The number of piperazine rings is 1. The van der Waals surface area contributed by atoms with E-state index in [2.05, 4.69) is 59.5 Å². The number of carbonyl (C=O) groups is 1. The zero-order chi connectivity index (χ0) is 29.2. The summed E-state index contributed by atoms with van der Waals surface area (Å²) >= 11 is 0. The van der Waals surface area contributed by atoms with Gasteiger partial charge in [0.15, 0.2) is 0 Å². The van der Waals surface area contributed by atoms with Crippen LogP contribution in [0.15, 0.2) is 30.9 Å². The highest BCUT2D eigenvalue weighted by Crippen LogP contribution is 2.37. The topological polar surface area (TPSA) is 88.8 Å². The zero-order valence-electron chi connectivity index (χ0n) is 25.1. The van der Waals surface area contributed by atoms with Gasteiger partial charge in [-0.15, -0.1) is 0 Å². The highest BCUT2D eigenvalue weighted by molar-refractivity contribution is 5.87. The van der Waals surface area contributed by atoms with E-state index in [0.29, 0.717) is 44.8 Å². The Labute approximate surface area is 249 Å². The first-order chi connectivity index (χ1) is 20.4. The second-order valence-corrected chi connectivity index (χ2v) is 12.5. The molecule has 1 aromatic carbocycles. The number of nitriles is 1. The van der Waals surface area contributed by atoms with Crippen LogP contribution in [0.3, 0.4) is 0 Å². The van der Waals surface area contributed by atoms with Crippen LogP contribution < -0.4 is 14.5 Å². The van der Waals surface area contributed by atoms with Crippen LogP contribution >= 0.6 is 0 Å². The number of amides is 1. The molecule has 0 radical (unpaired) electrons. The summed E-state index contributed by atoms with van der Waals surface area (Å²) in [5, 5.41) is 9.53. The van der Waals surface area contributed by atoms with E-state index in [-0.39, 0.29) is 18.4 Å². The molecular formula is C33H43N7O2. The second kappa shape index (κ2) is 12.3. The largest absolute Gasteiger partial charge is 0.462 e. The third kappa shape index (κ3) is 5.69. The molecule has 3 atom stereocenters. The van der Waals surface area contributed by atoms with Crippen molar-refractivity contribution in [2.24, 2.45) is 5.92 Å². The predicted octanol–water partition coefficient (Wildman–Crippen LogP) is 3.75. The van der Waals surface area contributed by atoms with Crippen molar-refractivity contribution in [3.05, 3.63) is 53.2 Å². The van der Waals surface area contributed by atoms with Gasteiger partial charge in [0.1, 0.15) is 12.4 Å². The fourth-order valence-electron chi connectivity index (χ4n) is 7.28.